The Morgan fingerprint density at radius 2 is 0.750 bits per heavy atom. The average Bonchev–Trinajstić information content (AvgIpc) is 3.72. The van der Waals surface area contributed by atoms with Gasteiger partial charge in [-0.25, -0.2) is 0 Å². The zero-order valence-corrected chi connectivity index (χ0v) is 38.8. The second-order valence-electron chi connectivity index (χ2n) is 15.3. The fraction of sp³-hybridized carbons (Fsp3) is 0.0847. The van der Waals surface area contributed by atoms with Crippen LogP contribution in [-0.2, 0) is 10.1 Å². The molecular weight excluding hydrogens is 874 g/mol. The topological polar surface area (TPSA) is 51.5 Å². The van der Waals surface area contributed by atoms with Gasteiger partial charge in [0, 0.05) is 33.5 Å². The molecule has 0 aliphatic heterocycles. The zero-order valence-electron chi connectivity index (χ0n) is 38.0. The minimum absolute atomic E-state index is 0.430. The SMILES string of the molecule is CC.CC.O=S(=O)(Oc1ccc(-n2c3ccccc3c3cc(-c4ccc(-c5ccc(N(c6ccc(-c7ccccc7)cc6)c6ccc(-c7ccccc7)cc6)cc5)cc4)ccc32)cc1)C(F)(F)F. The summed E-state index contributed by atoms with van der Waals surface area (Å²) in [6.07, 6.45) is 0. The molecule has 9 heteroatoms. The second-order valence-corrected chi connectivity index (χ2v) is 16.9. The smallest absolute Gasteiger partial charge is 0.376 e. The normalized spacial score (nSPS) is 11.3. The van der Waals surface area contributed by atoms with Crippen LogP contribution in [0, 0.1) is 0 Å². The third-order valence-corrected chi connectivity index (χ3v) is 12.4. The van der Waals surface area contributed by atoms with E-state index in [9.17, 15) is 21.6 Å². The van der Waals surface area contributed by atoms with E-state index < -0.39 is 21.4 Å². The van der Waals surface area contributed by atoms with Crippen LogP contribution in [0.2, 0.25) is 0 Å². The predicted molar refractivity (Wildman–Crippen MR) is 276 cm³/mol. The van der Waals surface area contributed by atoms with E-state index in [0.717, 1.165) is 72.2 Å². The van der Waals surface area contributed by atoms with E-state index >= 15 is 0 Å². The number of anilines is 3. The number of fused-ring (bicyclic) bond motifs is 3. The summed E-state index contributed by atoms with van der Waals surface area (Å²) in [5.41, 5.74) is 8.88. The largest absolute Gasteiger partial charge is 0.534 e. The van der Waals surface area contributed by atoms with Crippen LogP contribution in [0.15, 0.2) is 224 Å². The lowest BCUT2D eigenvalue weighted by Crippen LogP contribution is -2.28. The van der Waals surface area contributed by atoms with E-state index in [1.54, 1.807) is 0 Å². The number of hydrogen-bond acceptors (Lipinski definition) is 4. The van der Waals surface area contributed by atoms with Crippen LogP contribution >= 0.6 is 0 Å². The van der Waals surface area contributed by atoms with Gasteiger partial charge in [-0.3, -0.25) is 0 Å². The lowest BCUT2D eigenvalue weighted by molar-refractivity contribution is -0.0500. The Kier molecular flexibility index (Phi) is 13.9. The maximum atomic E-state index is 12.9. The Morgan fingerprint density at radius 3 is 1.19 bits per heavy atom. The predicted octanol–water partition coefficient (Wildman–Crippen LogP) is 17.2. The average molecular weight is 923 g/mol. The summed E-state index contributed by atoms with van der Waals surface area (Å²) in [6.45, 7) is 8.00. The molecule has 0 spiro atoms. The minimum Gasteiger partial charge on any atom is -0.376 e. The van der Waals surface area contributed by atoms with E-state index in [1.807, 2.05) is 80.8 Å². The van der Waals surface area contributed by atoms with E-state index in [2.05, 4.69) is 161 Å². The maximum Gasteiger partial charge on any atom is 0.534 e. The van der Waals surface area contributed by atoms with Crippen LogP contribution in [0.1, 0.15) is 27.7 Å². The van der Waals surface area contributed by atoms with E-state index in [0.29, 0.717) is 5.69 Å². The van der Waals surface area contributed by atoms with Gasteiger partial charge in [-0.2, -0.15) is 21.6 Å². The Morgan fingerprint density at radius 1 is 0.397 bits per heavy atom. The van der Waals surface area contributed by atoms with Crippen molar-refractivity contribution in [1.82, 2.24) is 4.57 Å². The Balaban J connectivity index is 0.00000152. The molecule has 0 N–H and O–H groups in total. The highest BCUT2D eigenvalue weighted by molar-refractivity contribution is 7.88. The second kappa shape index (κ2) is 20.3. The van der Waals surface area contributed by atoms with Gasteiger partial charge in [-0.05, 0) is 123 Å². The molecule has 0 saturated carbocycles. The molecule has 9 aromatic carbocycles. The summed E-state index contributed by atoms with van der Waals surface area (Å²) < 4.78 is 68.3. The molecule has 68 heavy (non-hydrogen) atoms. The number of aromatic nitrogens is 1. The summed E-state index contributed by atoms with van der Waals surface area (Å²) in [5.74, 6) is -0.430. The van der Waals surface area contributed by atoms with Crippen molar-refractivity contribution in [3.63, 3.8) is 0 Å². The first kappa shape index (κ1) is 46.6. The molecule has 5 nitrogen and oxygen atoms in total. The third-order valence-electron chi connectivity index (χ3n) is 11.4. The highest BCUT2D eigenvalue weighted by atomic mass is 32.2. The molecular formula is C59H49F3N2O3S. The molecule has 0 unspecified atom stereocenters. The fourth-order valence-electron chi connectivity index (χ4n) is 8.23. The molecule has 1 aromatic heterocycles. The number of benzene rings is 9. The number of nitrogens with zero attached hydrogens (tertiary/aromatic N) is 2. The number of rotatable bonds is 10. The van der Waals surface area contributed by atoms with Crippen LogP contribution in [0.25, 0.3) is 72.0 Å². The van der Waals surface area contributed by atoms with Gasteiger partial charge < -0.3 is 13.7 Å². The van der Waals surface area contributed by atoms with Crippen molar-refractivity contribution in [2.45, 2.75) is 33.2 Å². The first-order chi connectivity index (χ1) is 33.1. The first-order valence-corrected chi connectivity index (χ1v) is 24.0. The number of halogens is 3. The summed E-state index contributed by atoms with van der Waals surface area (Å²) in [7, 11) is -5.79. The van der Waals surface area contributed by atoms with Crippen molar-refractivity contribution in [1.29, 1.82) is 0 Å². The molecule has 0 aliphatic carbocycles. The van der Waals surface area contributed by atoms with Crippen molar-refractivity contribution in [2.75, 3.05) is 4.90 Å². The molecule has 1 heterocycles. The van der Waals surface area contributed by atoms with Gasteiger partial charge in [0.2, 0.25) is 0 Å². The van der Waals surface area contributed by atoms with Gasteiger partial charge in [0.1, 0.15) is 5.75 Å². The summed E-state index contributed by atoms with van der Waals surface area (Å²) in [4.78, 5) is 2.28. The molecule has 0 aliphatic rings. The molecule has 0 fully saturated rings. The van der Waals surface area contributed by atoms with Gasteiger partial charge in [0.15, 0.2) is 0 Å². The lowest BCUT2D eigenvalue weighted by atomic mass is 9.98. The van der Waals surface area contributed by atoms with Gasteiger partial charge in [-0.15, -0.1) is 0 Å². The van der Waals surface area contributed by atoms with Crippen LogP contribution in [-0.4, -0.2) is 18.5 Å². The van der Waals surface area contributed by atoms with E-state index in [4.69, 9.17) is 0 Å². The van der Waals surface area contributed by atoms with Gasteiger partial charge in [0.25, 0.3) is 0 Å². The summed E-state index contributed by atoms with van der Waals surface area (Å²) >= 11 is 0. The summed E-state index contributed by atoms with van der Waals surface area (Å²) in [6, 6.07) is 74.8. The van der Waals surface area contributed by atoms with Crippen molar-refractivity contribution >= 4 is 49.0 Å². The Bertz CT molecular complexity index is 3270. The minimum atomic E-state index is -5.79. The van der Waals surface area contributed by atoms with Crippen LogP contribution in [0.3, 0.4) is 0 Å². The number of para-hydroxylation sites is 1. The van der Waals surface area contributed by atoms with Crippen LogP contribution < -0.4 is 9.08 Å². The zero-order chi connectivity index (χ0) is 47.8. The quantitative estimate of drug-likeness (QED) is 0.101. The molecule has 340 valence electrons. The van der Waals surface area contributed by atoms with Crippen molar-refractivity contribution in [2.24, 2.45) is 0 Å². The molecule has 0 atom stereocenters. The number of hydrogen-bond donors (Lipinski definition) is 0. The molecule has 0 saturated heterocycles. The molecule has 10 aromatic rings. The highest BCUT2D eigenvalue weighted by Crippen LogP contribution is 2.39. The van der Waals surface area contributed by atoms with Gasteiger partial charge >= 0.3 is 15.6 Å². The highest BCUT2D eigenvalue weighted by Gasteiger charge is 2.48. The fourth-order valence-corrected chi connectivity index (χ4v) is 8.69. The van der Waals surface area contributed by atoms with E-state index in [1.165, 1.54) is 35.4 Å². The van der Waals surface area contributed by atoms with E-state index in [-0.39, 0.29) is 0 Å². The molecule has 10 rings (SSSR count). The maximum absolute atomic E-state index is 12.9. The number of alkyl halides is 3. The first-order valence-electron chi connectivity index (χ1n) is 22.6. The molecule has 0 bridgehead atoms. The van der Waals surface area contributed by atoms with Gasteiger partial charge in [-0.1, -0.05) is 173 Å². The summed E-state index contributed by atoms with van der Waals surface area (Å²) in [5, 5.41) is 1.98. The van der Waals surface area contributed by atoms with Crippen LogP contribution in [0.5, 0.6) is 5.75 Å². The van der Waals surface area contributed by atoms with Crippen molar-refractivity contribution in [3.05, 3.63) is 224 Å². The molecule has 0 radical (unpaired) electrons. The lowest BCUT2D eigenvalue weighted by Gasteiger charge is -2.26. The third kappa shape index (κ3) is 9.66. The van der Waals surface area contributed by atoms with Crippen molar-refractivity contribution in [3.8, 4) is 55.9 Å². The monoisotopic (exact) mass is 922 g/mol. The van der Waals surface area contributed by atoms with Crippen molar-refractivity contribution < 1.29 is 25.8 Å². The Hall–Kier alpha value is -7.88. The Labute approximate surface area is 396 Å². The van der Waals surface area contributed by atoms with Crippen LogP contribution in [0.4, 0.5) is 30.2 Å². The standard InChI is InChI=1S/C55H37F3N2O3S.2C2H6/c56-55(57,58)64(61,62)63-50-34-32-49(33-35-50)60-53-14-8-7-13-51(53)52-37-45(25-36-54(52)60)44-17-15-40(16-18-44)43-23-30-48(31-24-43)59(46-26-19-41(20-27-46)38-9-3-1-4-10-38)47-28-21-42(22-29-47)39-11-5-2-6-12-39;2*1-2/h1-37H;2*1-2H3. The van der Waals surface area contributed by atoms with Gasteiger partial charge in [0.05, 0.1) is 11.0 Å². The molecule has 0 amide bonds.